The summed E-state index contributed by atoms with van der Waals surface area (Å²) in [5.74, 6) is -0.714. The van der Waals surface area contributed by atoms with Gasteiger partial charge in [-0.2, -0.15) is 0 Å². The number of carbonyl (C=O) groups excluding carboxylic acids is 3. The lowest BCUT2D eigenvalue weighted by Gasteiger charge is -2.24. The molecule has 1 aromatic rings. The highest BCUT2D eigenvalue weighted by molar-refractivity contribution is 6.02. The van der Waals surface area contributed by atoms with E-state index in [1.165, 1.54) is 4.90 Å². The van der Waals surface area contributed by atoms with Crippen LogP contribution in [0.3, 0.4) is 0 Å². The predicted octanol–water partition coefficient (Wildman–Crippen LogP) is 0.548. The number of benzene rings is 1. The van der Waals surface area contributed by atoms with Crippen LogP contribution in [-0.2, 0) is 19.9 Å². The van der Waals surface area contributed by atoms with Crippen LogP contribution >= 0.6 is 12.4 Å². The zero-order chi connectivity index (χ0) is 15.5. The van der Waals surface area contributed by atoms with Gasteiger partial charge < -0.3 is 11.1 Å². The highest BCUT2D eigenvalue weighted by Crippen LogP contribution is 2.17. The zero-order valence-corrected chi connectivity index (χ0v) is 13.2. The Kier molecular flexibility index (Phi) is 6.08. The predicted molar refractivity (Wildman–Crippen MR) is 84.2 cm³/mol. The van der Waals surface area contributed by atoms with Gasteiger partial charge in [0.2, 0.25) is 17.7 Å². The summed E-state index contributed by atoms with van der Waals surface area (Å²) in [5.41, 5.74) is 5.62. The standard InChI is InChI=1S/C15H19N3O3.ClH/c1-15(16,11-5-3-2-4-6-11)14(21)17-9-10-18-12(19)7-8-13(18)20;/h2-6H,7-10,16H2,1H3,(H,17,21);1H. The third-order valence-electron chi connectivity index (χ3n) is 3.62. The summed E-state index contributed by atoms with van der Waals surface area (Å²) in [6.45, 7) is 2.02. The minimum atomic E-state index is -1.15. The van der Waals surface area contributed by atoms with Crippen LogP contribution in [0.2, 0.25) is 0 Å². The molecular weight excluding hydrogens is 306 g/mol. The second-order valence-corrected chi connectivity index (χ2v) is 5.26. The van der Waals surface area contributed by atoms with Crippen LogP contribution in [0.1, 0.15) is 25.3 Å². The quantitative estimate of drug-likeness (QED) is 0.773. The van der Waals surface area contributed by atoms with Gasteiger partial charge in [0.05, 0.1) is 0 Å². The molecule has 1 fully saturated rings. The molecule has 1 aliphatic heterocycles. The molecule has 0 radical (unpaired) electrons. The number of nitrogens with zero attached hydrogens (tertiary/aromatic N) is 1. The van der Waals surface area contributed by atoms with Crippen molar-refractivity contribution in [1.29, 1.82) is 0 Å². The molecule has 1 atom stereocenters. The number of hydrogen-bond donors (Lipinski definition) is 2. The summed E-state index contributed by atoms with van der Waals surface area (Å²) >= 11 is 0. The molecule has 1 unspecified atom stereocenters. The van der Waals surface area contributed by atoms with Gasteiger partial charge in [0, 0.05) is 25.9 Å². The number of halogens is 1. The number of hydrogen-bond acceptors (Lipinski definition) is 4. The summed E-state index contributed by atoms with van der Waals surface area (Å²) in [6.07, 6.45) is 0.511. The van der Waals surface area contributed by atoms with E-state index in [9.17, 15) is 14.4 Å². The molecule has 0 aromatic heterocycles. The summed E-state index contributed by atoms with van der Waals surface area (Å²) in [6, 6.07) is 9.05. The molecular formula is C15H20ClN3O3. The molecule has 0 spiro atoms. The average molecular weight is 326 g/mol. The van der Waals surface area contributed by atoms with E-state index in [1.807, 2.05) is 18.2 Å². The van der Waals surface area contributed by atoms with Crippen molar-refractivity contribution in [1.82, 2.24) is 10.2 Å². The molecule has 120 valence electrons. The molecule has 2 rings (SSSR count). The molecule has 7 heteroatoms. The second kappa shape index (κ2) is 7.38. The number of likely N-dealkylation sites (tertiary alicyclic amines) is 1. The first kappa shape index (κ1) is 18.1. The Bertz CT molecular complexity index is 544. The van der Waals surface area contributed by atoms with E-state index in [-0.39, 0.29) is 56.1 Å². The van der Waals surface area contributed by atoms with Gasteiger partial charge in [-0.05, 0) is 12.5 Å². The highest BCUT2D eigenvalue weighted by atomic mass is 35.5. The molecule has 22 heavy (non-hydrogen) atoms. The normalized spacial score (nSPS) is 16.9. The topological polar surface area (TPSA) is 92.5 Å². The van der Waals surface area contributed by atoms with Gasteiger partial charge in [-0.25, -0.2) is 0 Å². The number of rotatable bonds is 5. The van der Waals surface area contributed by atoms with Crippen LogP contribution < -0.4 is 11.1 Å². The van der Waals surface area contributed by atoms with Gasteiger partial charge in [-0.15, -0.1) is 12.4 Å². The summed E-state index contributed by atoms with van der Waals surface area (Å²) < 4.78 is 0. The van der Waals surface area contributed by atoms with Crippen molar-refractivity contribution in [2.75, 3.05) is 13.1 Å². The van der Waals surface area contributed by atoms with Gasteiger partial charge in [0.25, 0.3) is 0 Å². The van der Waals surface area contributed by atoms with Crippen LogP contribution in [0.25, 0.3) is 0 Å². The van der Waals surface area contributed by atoms with E-state index >= 15 is 0 Å². The Labute approximate surface area is 135 Å². The van der Waals surface area contributed by atoms with E-state index in [2.05, 4.69) is 5.32 Å². The molecule has 3 amide bonds. The first-order chi connectivity index (χ1) is 9.93. The first-order valence-corrected chi connectivity index (χ1v) is 6.89. The van der Waals surface area contributed by atoms with Crippen molar-refractivity contribution in [2.45, 2.75) is 25.3 Å². The maximum atomic E-state index is 12.2. The minimum absolute atomic E-state index is 0. The third kappa shape index (κ3) is 3.84. The zero-order valence-electron chi connectivity index (χ0n) is 12.4. The maximum absolute atomic E-state index is 12.2. The van der Waals surface area contributed by atoms with Gasteiger partial charge in [0.1, 0.15) is 5.54 Å². The highest BCUT2D eigenvalue weighted by Gasteiger charge is 2.31. The van der Waals surface area contributed by atoms with Crippen molar-refractivity contribution in [3.63, 3.8) is 0 Å². The van der Waals surface area contributed by atoms with Crippen LogP contribution in [0.5, 0.6) is 0 Å². The fourth-order valence-corrected chi connectivity index (χ4v) is 2.25. The Balaban J connectivity index is 0.00000242. The van der Waals surface area contributed by atoms with Crippen LogP contribution in [-0.4, -0.2) is 35.7 Å². The van der Waals surface area contributed by atoms with Crippen molar-refractivity contribution >= 4 is 30.1 Å². The van der Waals surface area contributed by atoms with E-state index in [0.717, 1.165) is 0 Å². The molecule has 3 N–H and O–H groups in total. The number of amides is 3. The fraction of sp³-hybridized carbons (Fsp3) is 0.400. The Morgan fingerprint density at radius 2 is 1.77 bits per heavy atom. The maximum Gasteiger partial charge on any atom is 0.244 e. The van der Waals surface area contributed by atoms with Crippen molar-refractivity contribution < 1.29 is 14.4 Å². The summed E-state index contributed by atoms with van der Waals surface area (Å²) in [5, 5.41) is 2.68. The second-order valence-electron chi connectivity index (χ2n) is 5.26. The fourth-order valence-electron chi connectivity index (χ4n) is 2.25. The van der Waals surface area contributed by atoms with Crippen LogP contribution in [0.4, 0.5) is 0 Å². The number of carbonyl (C=O) groups is 3. The molecule has 6 nitrogen and oxygen atoms in total. The lowest BCUT2D eigenvalue weighted by atomic mass is 9.92. The Hall–Kier alpha value is -1.92. The number of nitrogens with one attached hydrogen (secondary N) is 1. The molecule has 0 saturated carbocycles. The number of nitrogens with two attached hydrogens (primary N) is 1. The summed E-state index contributed by atoms with van der Waals surface area (Å²) in [7, 11) is 0. The summed E-state index contributed by atoms with van der Waals surface area (Å²) in [4.78, 5) is 36.2. The molecule has 0 bridgehead atoms. The van der Waals surface area contributed by atoms with Gasteiger partial charge in [0.15, 0.2) is 0 Å². The molecule has 1 aromatic carbocycles. The molecule has 1 aliphatic rings. The van der Waals surface area contributed by atoms with Crippen LogP contribution in [0, 0.1) is 0 Å². The average Bonchev–Trinajstić information content (AvgIpc) is 2.79. The smallest absolute Gasteiger partial charge is 0.244 e. The minimum Gasteiger partial charge on any atom is -0.352 e. The molecule has 0 aliphatic carbocycles. The van der Waals surface area contributed by atoms with Gasteiger partial charge >= 0.3 is 0 Å². The van der Waals surface area contributed by atoms with Gasteiger partial charge in [-0.1, -0.05) is 30.3 Å². The van der Waals surface area contributed by atoms with Crippen molar-refractivity contribution in [3.05, 3.63) is 35.9 Å². The monoisotopic (exact) mass is 325 g/mol. The van der Waals surface area contributed by atoms with E-state index in [4.69, 9.17) is 5.73 Å². The van der Waals surface area contributed by atoms with Crippen LogP contribution in [0.15, 0.2) is 30.3 Å². The Morgan fingerprint density at radius 3 is 2.32 bits per heavy atom. The van der Waals surface area contributed by atoms with Crippen molar-refractivity contribution in [3.8, 4) is 0 Å². The lowest BCUT2D eigenvalue weighted by molar-refractivity contribution is -0.138. The van der Waals surface area contributed by atoms with Crippen molar-refractivity contribution in [2.24, 2.45) is 5.73 Å². The third-order valence-corrected chi connectivity index (χ3v) is 3.62. The molecule has 1 saturated heterocycles. The number of imide groups is 1. The van der Waals surface area contributed by atoms with E-state index in [1.54, 1.807) is 19.1 Å². The molecule has 1 heterocycles. The lowest BCUT2D eigenvalue weighted by Crippen LogP contribution is -2.50. The van der Waals surface area contributed by atoms with E-state index < -0.39 is 5.54 Å². The van der Waals surface area contributed by atoms with Gasteiger partial charge in [-0.3, -0.25) is 19.3 Å². The largest absolute Gasteiger partial charge is 0.352 e. The Morgan fingerprint density at radius 1 is 1.23 bits per heavy atom. The SMILES string of the molecule is CC(N)(C(=O)NCCN1C(=O)CCC1=O)c1ccccc1.Cl. The van der Waals surface area contributed by atoms with E-state index in [0.29, 0.717) is 5.56 Å². The first-order valence-electron chi connectivity index (χ1n) is 6.89.